The van der Waals surface area contributed by atoms with Crippen molar-refractivity contribution in [1.82, 2.24) is 5.32 Å². The van der Waals surface area contributed by atoms with E-state index in [1.54, 1.807) is 20.8 Å². The molecule has 4 nitrogen and oxygen atoms in total. The Morgan fingerprint density at radius 1 is 1.39 bits per heavy atom. The highest BCUT2D eigenvalue weighted by Gasteiger charge is 2.33. The number of halogens is 3. The molecule has 0 unspecified atom stereocenters. The van der Waals surface area contributed by atoms with E-state index in [0.717, 1.165) is 11.6 Å². The zero-order chi connectivity index (χ0) is 17.6. The fraction of sp³-hybridized carbons (Fsp3) is 0.438. The van der Waals surface area contributed by atoms with Crippen LogP contribution in [-0.2, 0) is 12.7 Å². The van der Waals surface area contributed by atoms with Crippen LogP contribution in [0.1, 0.15) is 31.9 Å². The molecule has 0 aliphatic rings. The lowest BCUT2D eigenvalue weighted by atomic mass is 10.1. The topological polar surface area (TPSA) is 59.6 Å². The SMILES string of the molecule is C=C(C)CNC(N)=NCc1ccc(OC(C)C)cc1C(F)(F)F. The van der Waals surface area contributed by atoms with Gasteiger partial charge in [0.15, 0.2) is 5.96 Å². The van der Waals surface area contributed by atoms with Crippen LogP contribution in [0.4, 0.5) is 13.2 Å². The highest BCUT2D eigenvalue weighted by Crippen LogP contribution is 2.35. The van der Waals surface area contributed by atoms with Crippen LogP contribution in [0.2, 0.25) is 0 Å². The second kappa shape index (κ2) is 7.89. The number of nitrogens with two attached hydrogens (primary N) is 1. The fourth-order valence-corrected chi connectivity index (χ4v) is 1.77. The Morgan fingerprint density at radius 2 is 2.04 bits per heavy atom. The largest absolute Gasteiger partial charge is 0.491 e. The van der Waals surface area contributed by atoms with Crippen LogP contribution in [0.3, 0.4) is 0 Å². The Balaban J connectivity index is 2.97. The van der Waals surface area contributed by atoms with Crippen molar-refractivity contribution >= 4 is 5.96 Å². The first-order valence-corrected chi connectivity index (χ1v) is 7.14. The van der Waals surface area contributed by atoms with E-state index in [1.165, 1.54) is 12.1 Å². The summed E-state index contributed by atoms with van der Waals surface area (Å²) in [6, 6.07) is 3.84. The van der Waals surface area contributed by atoms with Crippen molar-refractivity contribution in [1.29, 1.82) is 0 Å². The van der Waals surface area contributed by atoms with Crippen LogP contribution in [0, 0.1) is 0 Å². The Morgan fingerprint density at radius 3 is 2.57 bits per heavy atom. The van der Waals surface area contributed by atoms with Gasteiger partial charge in [-0.2, -0.15) is 13.2 Å². The number of hydrogen-bond acceptors (Lipinski definition) is 2. The van der Waals surface area contributed by atoms with E-state index in [9.17, 15) is 13.2 Å². The molecule has 0 saturated heterocycles. The Kier molecular flexibility index (Phi) is 6.48. The minimum Gasteiger partial charge on any atom is -0.491 e. The minimum absolute atomic E-state index is 0.0358. The molecule has 0 aliphatic carbocycles. The van der Waals surface area contributed by atoms with E-state index in [-0.39, 0.29) is 29.9 Å². The molecular weight excluding hydrogens is 307 g/mol. The third-order valence-electron chi connectivity index (χ3n) is 2.75. The number of hydrogen-bond donors (Lipinski definition) is 2. The first-order chi connectivity index (χ1) is 10.6. The number of benzene rings is 1. The molecule has 0 aromatic heterocycles. The molecule has 0 fully saturated rings. The molecule has 0 spiro atoms. The molecule has 3 N–H and O–H groups in total. The highest BCUT2D eigenvalue weighted by molar-refractivity contribution is 5.78. The van der Waals surface area contributed by atoms with Crippen LogP contribution in [0.5, 0.6) is 5.75 Å². The number of alkyl halides is 3. The monoisotopic (exact) mass is 329 g/mol. The predicted octanol–water partition coefficient (Wildman–Crippen LogP) is 3.47. The first-order valence-electron chi connectivity index (χ1n) is 7.14. The lowest BCUT2D eigenvalue weighted by molar-refractivity contribution is -0.138. The van der Waals surface area contributed by atoms with E-state index in [2.05, 4.69) is 16.9 Å². The molecule has 0 aliphatic heterocycles. The van der Waals surface area contributed by atoms with Gasteiger partial charge in [0.05, 0.1) is 18.2 Å². The summed E-state index contributed by atoms with van der Waals surface area (Å²) in [7, 11) is 0. The number of guanidine groups is 1. The van der Waals surface area contributed by atoms with Gasteiger partial charge >= 0.3 is 6.18 Å². The second-order valence-electron chi connectivity index (χ2n) is 5.50. The van der Waals surface area contributed by atoms with Crippen molar-refractivity contribution in [2.24, 2.45) is 10.7 Å². The molecule has 128 valence electrons. The number of nitrogens with zero attached hydrogens (tertiary/aromatic N) is 1. The van der Waals surface area contributed by atoms with Gasteiger partial charge in [-0.3, -0.25) is 0 Å². The number of aliphatic imine (C=N–C) groups is 1. The minimum atomic E-state index is -4.49. The summed E-state index contributed by atoms with van der Waals surface area (Å²) < 4.78 is 44.9. The summed E-state index contributed by atoms with van der Waals surface area (Å²) in [4.78, 5) is 3.93. The molecule has 0 saturated carbocycles. The molecule has 0 heterocycles. The van der Waals surface area contributed by atoms with Crippen LogP contribution in [0.15, 0.2) is 35.3 Å². The summed E-state index contributed by atoms with van der Waals surface area (Å²) >= 11 is 0. The summed E-state index contributed by atoms with van der Waals surface area (Å²) in [6.45, 7) is 9.23. The average Bonchev–Trinajstić information content (AvgIpc) is 2.42. The van der Waals surface area contributed by atoms with Crippen molar-refractivity contribution in [3.8, 4) is 5.75 Å². The molecular formula is C16H22F3N3O. The van der Waals surface area contributed by atoms with E-state index in [1.807, 2.05) is 0 Å². The Labute approximate surface area is 134 Å². The van der Waals surface area contributed by atoms with Crippen LogP contribution >= 0.6 is 0 Å². The third-order valence-corrected chi connectivity index (χ3v) is 2.75. The van der Waals surface area contributed by atoms with Gasteiger partial charge in [0.1, 0.15) is 5.75 Å². The quantitative estimate of drug-likeness (QED) is 0.477. The third kappa shape index (κ3) is 6.63. The molecule has 23 heavy (non-hydrogen) atoms. The Bertz CT molecular complexity index is 580. The first kappa shape index (κ1) is 18.9. The average molecular weight is 329 g/mol. The van der Waals surface area contributed by atoms with Crippen molar-refractivity contribution in [3.63, 3.8) is 0 Å². The standard InChI is InChI=1S/C16H22F3N3O/c1-10(2)8-21-15(20)22-9-12-5-6-13(23-11(3)4)7-14(12)16(17,18)19/h5-7,11H,1,8-9H2,2-4H3,(H3,20,21,22). The summed E-state index contributed by atoms with van der Waals surface area (Å²) in [5.74, 6) is 0.247. The van der Waals surface area contributed by atoms with Gasteiger partial charge in [-0.1, -0.05) is 18.2 Å². The molecule has 1 aromatic carbocycles. The van der Waals surface area contributed by atoms with Crippen LogP contribution in [-0.4, -0.2) is 18.6 Å². The summed E-state index contributed by atoms with van der Waals surface area (Å²) in [5.41, 5.74) is 5.72. The maximum absolute atomic E-state index is 13.2. The maximum Gasteiger partial charge on any atom is 0.416 e. The molecule has 0 atom stereocenters. The maximum atomic E-state index is 13.2. The number of ether oxygens (including phenoxy) is 1. The van der Waals surface area contributed by atoms with Gasteiger partial charge in [-0.15, -0.1) is 0 Å². The van der Waals surface area contributed by atoms with Gasteiger partial charge in [0.25, 0.3) is 0 Å². The molecule has 1 aromatic rings. The predicted molar refractivity (Wildman–Crippen MR) is 85.4 cm³/mol. The summed E-state index contributed by atoms with van der Waals surface area (Å²) in [6.07, 6.45) is -4.69. The molecule has 1 rings (SSSR count). The van der Waals surface area contributed by atoms with Crippen LogP contribution < -0.4 is 15.8 Å². The molecule has 0 bridgehead atoms. The van der Waals surface area contributed by atoms with E-state index >= 15 is 0 Å². The zero-order valence-corrected chi connectivity index (χ0v) is 13.5. The normalized spacial score (nSPS) is 12.4. The molecule has 0 amide bonds. The van der Waals surface area contributed by atoms with Gasteiger partial charge < -0.3 is 15.8 Å². The number of rotatable bonds is 6. The van der Waals surface area contributed by atoms with Gasteiger partial charge in [0, 0.05) is 6.54 Å². The van der Waals surface area contributed by atoms with Crippen molar-refractivity contribution in [2.75, 3.05) is 6.54 Å². The smallest absolute Gasteiger partial charge is 0.416 e. The second-order valence-corrected chi connectivity index (χ2v) is 5.50. The van der Waals surface area contributed by atoms with Crippen LogP contribution in [0.25, 0.3) is 0 Å². The van der Waals surface area contributed by atoms with Crippen molar-refractivity contribution in [2.45, 2.75) is 39.6 Å². The van der Waals surface area contributed by atoms with Gasteiger partial charge in [0.2, 0.25) is 0 Å². The van der Waals surface area contributed by atoms with Gasteiger partial charge in [-0.05, 0) is 38.5 Å². The lowest BCUT2D eigenvalue weighted by Crippen LogP contribution is -2.32. The van der Waals surface area contributed by atoms with E-state index in [0.29, 0.717) is 6.54 Å². The highest BCUT2D eigenvalue weighted by atomic mass is 19.4. The fourth-order valence-electron chi connectivity index (χ4n) is 1.77. The van der Waals surface area contributed by atoms with E-state index in [4.69, 9.17) is 10.5 Å². The summed E-state index contributed by atoms with van der Waals surface area (Å²) in [5, 5.41) is 2.77. The number of nitrogens with one attached hydrogen (secondary N) is 1. The Hall–Kier alpha value is -2.18. The van der Waals surface area contributed by atoms with E-state index < -0.39 is 11.7 Å². The van der Waals surface area contributed by atoms with Gasteiger partial charge in [-0.25, -0.2) is 4.99 Å². The molecule has 0 radical (unpaired) electrons. The lowest BCUT2D eigenvalue weighted by Gasteiger charge is -2.16. The molecule has 7 heteroatoms. The van der Waals surface area contributed by atoms with Crippen molar-refractivity contribution < 1.29 is 17.9 Å². The zero-order valence-electron chi connectivity index (χ0n) is 13.5. The van der Waals surface area contributed by atoms with Crippen molar-refractivity contribution in [3.05, 3.63) is 41.5 Å².